The van der Waals surface area contributed by atoms with Gasteiger partial charge in [-0.2, -0.15) is 4.37 Å². The molecule has 9 nitrogen and oxygen atoms in total. The summed E-state index contributed by atoms with van der Waals surface area (Å²) in [5.41, 5.74) is 11.1. The van der Waals surface area contributed by atoms with Gasteiger partial charge in [0.15, 0.2) is 5.69 Å². The fourth-order valence-electron chi connectivity index (χ4n) is 3.72. The standard InChI is InChI=1S/C22H28FN5O4S/c1-12(2)9-16(21(30)26-11-15-7-4-8-32-15)28(14-6-3-5-13(23)10-14)22(31)19-17(24)18(20(25)29)27-33-19/h3,5-6,10,12,15-16H,4,7-9,11,24H2,1-2H3,(H2,25,29)(H,26,30). The lowest BCUT2D eigenvalue weighted by Crippen LogP contribution is -2.51. The predicted molar refractivity (Wildman–Crippen MR) is 123 cm³/mol. The minimum Gasteiger partial charge on any atom is -0.395 e. The van der Waals surface area contributed by atoms with Crippen molar-refractivity contribution in [1.82, 2.24) is 9.69 Å². The fourth-order valence-corrected chi connectivity index (χ4v) is 4.46. The van der Waals surface area contributed by atoms with Crippen molar-refractivity contribution in [3.8, 4) is 0 Å². The number of hydrogen-bond donors (Lipinski definition) is 3. The first kappa shape index (κ1) is 24.6. The number of benzene rings is 1. The summed E-state index contributed by atoms with van der Waals surface area (Å²) in [4.78, 5) is 39.7. The van der Waals surface area contributed by atoms with Gasteiger partial charge in [0.2, 0.25) is 5.91 Å². The lowest BCUT2D eigenvalue weighted by atomic mass is 10.00. The Morgan fingerprint density at radius 3 is 2.70 bits per heavy atom. The maximum absolute atomic E-state index is 14.1. The Morgan fingerprint density at radius 2 is 2.12 bits per heavy atom. The van der Waals surface area contributed by atoms with E-state index in [4.69, 9.17) is 16.2 Å². The number of ether oxygens (including phenoxy) is 1. The molecule has 11 heteroatoms. The van der Waals surface area contributed by atoms with E-state index in [-0.39, 0.29) is 34.0 Å². The van der Waals surface area contributed by atoms with Gasteiger partial charge < -0.3 is 21.5 Å². The molecule has 0 radical (unpaired) electrons. The molecule has 1 aliphatic heterocycles. The Labute approximate surface area is 195 Å². The smallest absolute Gasteiger partial charge is 0.272 e. The van der Waals surface area contributed by atoms with Gasteiger partial charge in [-0.25, -0.2) is 4.39 Å². The Kier molecular flexibility index (Phi) is 7.98. The summed E-state index contributed by atoms with van der Waals surface area (Å²) in [5, 5.41) is 2.87. The minimum absolute atomic E-state index is 0.0346. The zero-order chi connectivity index (χ0) is 24.1. The van der Waals surface area contributed by atoms with Crippen LogP contribution >= 0.6 is 11.5 Å². The van der Waals surface area contributed by atoms with E-state index in [0.717, 1.165) is 12.8 Å². The van der Waals surface area contributed by atoms with Crippen LogP contribution in [-0.2, 0) is 9.53 Å². The van der Waals surface area contributed by atoms with Crippen LogP contribution in [0.2, 0.25) is 0 Å². The van der Waals surface area contributed by atoms with Gasteiger partial charge >= 0.3 is 0 Å². The number of rotatable bonds is 9. The zero-order valence-corrected chi connectivity index (χ0v) is 19.4. The molecule has 1 aliphatic rings. The van der Waals surface area contributed by atoms with Crippen molar-refractivity contribution in [2.45, 2.75) is 45.3 Å². The largest absolute Gasteiger partial charge is 0.395 e. The number of anilines is 2. The molecule has 0 bridgehead atoms. The highest BCUT2D eigenvalue weighted by Gasteiger charge is 2.35. The maximum atomic E-state index is 14.1. The number of nitrogen functional groups attached to an aromatic ring is 1. The number of nitrogens with zero attached hydrogens (tertiary/aromatic N) is 2. The summed E-state index contributed by atoms with van der Waals surface area (Å²) in [6.07, 6.45) is 1.99. The Morgan fingerprint density at radius 1 is 1.36 bits per heavy atom. The lowest BCUT2D eigenvalue weighted by molar-refractivity contribution is -0.123. The van der Waals surface area contributed by atoms with Gasteiger partial charge in [-0.1, -0.05) is 19.9 Å². The van der Waals surface area contributed by atoms with Gasteiger partial charge in [-0.3, -0.25) is 19.3 Å². The van der Waals surface area contributed by atoms with Crippen LogP contribution in [0, 0.1) is 11.7 Å². The van der Waals surface area contributed by atoms with Crippen LogP contribution in [0.25, 0.3) is 0 Å². The third kappa shape index (κ3) is 5.85. The summed E-state index contributed by atoms with van der Waals surface area (Å²) >= 11 is 0.709. The molecule has 2 unspecified atom stereocenters. The molecule has 2 atom stereocenters. The van der Waals surface area contributed by atoms with Crippen molar-refractivity contribution in [3.63, 3.8) is 0 Å². The first-order chi connectivity index (χ1) is 15.7. The van der Waals surface area contributed by atoms with Crippen molar-refractivity contribution < 1.29 is 23.5 Å². The van der Waals surface area contributed by atoms with Gasteiger partial charge in [-0.15, -0.1) is 0 Å². The topological polar surface area (TPSA) is 141 Å². The highest BCUT2D eigenvalue weighted by Crippen LogP contribution is 2.29. The molecule has 178 valence electrons. The second kappa shape index (κ2) is 10.7. The molecule has 0 spiro atoms. The SMILES string of the molecule is CC(C)CC(C(=O)NCC1CCCO1)N(C(=O)c1snc(C(N)=O)c1N)c1cccc(F)c1. The summed E-state index contributed by atoms with van der Waals surface area (Å²) in [7, 11) is 0. The zero-order valence-electron chi connectivity index (χ0n) is 18.5. The van der Waals surface area contributed by atoms with Crippen molar-refractivity contribution in [3.05, 3.63) is 40.7 Å². The van der Waals surface area contributed by atoms with Crippen LogP contribution in [-0.4, -0.2) is 47.4 Å². The number of carbonyl (C=O) groups excluding carboxylic acids is 3. The summed E-state index contributed by atoms with van der Waals surface area (Å²) in [6, 6.07) is 4.44. The highest BCUT2D eigenvalue weighted by atomic mass is 32.1. The average Bonchev–Trinajstić information content (AvgIpc) is 3.40. The molecule has 2 aromatic rings. The molecule has 1 fully saturated rings. The Balaban J connectivity index is 2.00. The van der Waals surface area contributed by atoms with E-state index in [1.165, 1.54) is 29.2 Å². The molecule has 1 aromatic heterocycles. The minimum atomic E-state index is -0.959. The van der Waals surface area contributed by atoms with Crippen LogP contribution in [0.1, 0.15) is 53.3 Å². The molecule has 3 rings (SSSR count). The number of aromatic nitrogens is 1. The van der Waals surface area contributed by atoms with E-state index in [1.54, 1.807) is 0 Å². The normalized spacial score (nSPS) is 16.5. The van der Waals surface area contributed by atoms with Crippen LogP contribution < -0.4 is 21.7 Å². The average molecular weight is 478 g/mol. The molecular weight excluding hydrogens is 449 g/mol. The molecule has 1 saturated heterocycles. The Bertz CT molecular complexity index is 1020. The first-order valence-corrected chi connectivity index (χ1v) is 11.5. The van der Waals surface area contributed by atoms with Crippen molar-refractivity contribution >= 4 is 40.6 Å². The molecule has 0 aliphatic carbocycles. The van der Waals surface area contributed by atoms with Gasteiger partial charge in [0.1, 0.15) is 16.7 Å². The summed E-state index contributed by atoms with van der Waals surface area (Å²) in [6.45, 7) is 4.80. The molecule has 0 saturated carbocycles. The number of halogens is 1. The van der Waals surface area contributed by atoms with Crippen LogP contribution in [0.3, 0.4) is 0 Å². The van der Waals surface area contributed by atoms with Crippen LogP contribution in [0.4, 0.5) is 15.8 Å². The van der Waals surface area contributed by atoms with E-state index in [0.29, 0.717) is 31.1 Å². The van der Waals surface area contributed by atoms with E-state index >= 15 is 0 Å². The third-order valence-electron chi connectivity index (χ3n) is 5.30. The number of amides is 3. The number of carbonyl (C=O) groups is 3. The number of nitrogens with one attached hydrogen (secondary N) is 1. The van der Waals surface area contributed by atoms with Gasteiger partial charge in [-0.05, 0) is 54.9 Å². The molecule has 5 N–H and O–H groups in total. The van der Waals surface area contributed by atoms with Gasteiger partial charge in [0.25, 0.3) is 11.8 Å². The highest BCUT2D eigenvalue weighted by molar-refractivity contribution is 7.09. The molecule has 3 amide bonds. The van der Waals surface area contributed by atoms with E-state index in [9.17, 15) is 18.8 Å². The van der Waals surface area contributed by atoms with E-state index in [2.05, 4.69) is 9.69 Å². The third-order valence-corrected chi connectivity index (χ3v) is 6.15. The quantitative estimate of drug-likeness (QED) is 0.506. The molecular formula is C22H28FN5O4S. The second-order valence-corrected chi connectivity index (χ2v) is 9.09. The van der Waals surface area contributed by atoms with Gasteiger partial charge in [0.05, 0.1) is 11.8 Å². The van der Waals surface area contributed by atoms with Crippen molar-refractivity contribution in [1.29, 1.82) is 0 Å². The summed E-state index contributed by atoms with van der Waals surface area (Å²) in [5.74, 6) is -2.46. The van der Waals surface area contributed by atoms with E-state index in [1.807, 2.05) is 13.8 Å². The fraction of sp³-hybridized carbons (Fsp3) is 0.455. The summed E-state index contributed by atoms with van der Waals surface area (Å²) < 4.78 is 23.6. The van der Waals surface area contributed by atoms with Gasteiger partial charge in [0, 0.05) is 18.8 Å². The van der Waals surface area contributed by atoms with Crippen molar-refractivity contribution in [2.75, 3.05) is 23.8 Å². The van der Waals surface area contributed by atoms with Crippen molar-refractivity contribution in [2.24, 2.45) is 11.7 Å². The molecule has 1 aromatic carbocycles. The Hall–Kier alpha value is -3.05. The molecule has 2 heterocycles. The first-order valence-electron chi connectivity index (χ1n) is 10.7. The number of nitrogens with two attached hydrogens (primary N) is 2. The van der Waals surface area contributed by atoms with E-state index < -0.39 is 29.6 Å². The van der Waals surface area contributed by atoms with Crippen LogP contribution in [0.5, 0.6) is 0 Å². The predicted octanol–water partition coefficient (Wildman–Crippen LogP) is 2.32. The lowest BCUT2D eigenvalue weighted by Gasteiger charge is -2.32. The monoisotopic (exact) mass is 477 g/mol. The second-order valence-electron chi connectivity index (χ2n) is 8.32. The maximum Gasteiger partial charge on any atom is 0.272 e. The van der Waals surface area contributed by atoms with Crippen LogP contribution in [0.15, 0.2) is 24.3 Å². The number of hydrogen-bond acceptors (Lipinski definition) is 7. The molecule has 33 heavy (non-hydrogen) atoms. The number of primary amides is 1.